The van der Waals surface area contributed by atoms with Crippen molar-refractivity contribution in [2.75, 3.05) is 26.2 Å². The maximum atomic E-state index is 12.8. The van der Waals surface area contributed by atoms with Crippen molar-refractivity contribution in [3.8, 4) is 0 Å². The van der Waals surface area contributed by atoms with Crippen molar-refractivity contribution in [3.05, 3.63) is 34.9 Å². The fourth-order valence-electron chi connectivity index (χ4n) is 4.46. The first-order valence-corrected chi connectivity index (χ1v) is 12.7. The van der Waals surface area contributed by atoms with E-state index in [9.17, 15) is 24.0 Å². The summed E-state index contributed by atoms with van der Waals surface area (Å²) in [7, 11) is 0. The molecule has 0 atom stereocenters. The van der Waals surface area contributed by atoms with E-state index in [1.807, 2.05) is 0 Å². The molecule has 0 saturated carbocycles. The van der Waals surface area contributed by atoms with Gasteiger partial charge in [-0.25, -0.2) is 4.79 Å². The smallest absolute Gasteiger partial charge is 0.407 e. The SMILES string of the molecule is CC(C)(C)OC(=O)NCCC(=O)N1CCC(CNC(=O)c2ccc3c(c2)C(=O)N(C(C)(C)C)C3=O)CC1. The minimum Gasteiger partial charge on any atom is -0.444 e. The standard InChI is InChI=1S/C27H38N4O6/c1-26(2,3)31-23(34)19-8-7-18(15-20(19)24(31)35)22(33)29-16-17-10-13-30(14-11-17)21(32)9-12-28-25(36)37-27(4,5)6/h7-8,15,17H,9-14,16H2,1-6H3,(H,28,36)(H,29,33). The number of rotatable bonds is 6. The number of imide groups is 1. The third-order valence-electron chi connectivity index (χ3n) is 6.35. The van der Waals surface area contributed by atoms with Crippen molar-refractivity contribution in [2.24, 2.45) is 5.92 Å². The Morgan fingerprint density at radius 1 is 0.946 bits per heavy atom. The predicted molar refractivity (Wildman–Crippen MR) is 137 cm³/mol. The Labute approximate surface area is 218 Å². The van der Waals surface area contributed by atoms with Gasteiger partial charge in [-0.1, -0.05) is 0 Å². The lowest BCUT2D eigenvalue weighted by Crippen LogP contribution is -2.45. The lowest BCUT2D eigenvalue weighted by molar-refractivity contribution is -0.132. The molecule has 1 aromatic carbocycles. The number of likely N-dealkylation sites (tertiary alicyclic amines) is 1. The van der Waals surface area contributed by atoms with Crippen LogP contribution in [0.5, 0.6) is 0 Å². The van der Waals surface area contributed by atoms with E-state index in [-0.39, 0.29) is 48.1 Å². The van der Waals surface area contributed by atoms with Crippen molar-refractivity contribution in [3.63, 3.8) is 0 Å². The highest BCUT2D eigenvalue weighted by Crippen LogP contribution is 2.30. The molecule has 1 saturated heterocycles. The van der Waals surface area contributed by atoms with Crippen LogP contribution in [-0.2, 0) is 9.53 Å². The van der Waals surface area contributed by atoms with E-state index in [1.54, 1.807) is 52.5 Å². The summed E-state index contributed by atoms with van der Waals surface area (Å²) >= 11 is 0. The molecule has 3 rings (SSSR count). The van der Waals surface area contributed by atoms with Crippen molar-refractivity contribution >= 4 is 29.7 Å². The van der Waals surface area contributed by atoms with Gasteiger partial charge in [-0.15, -0.1) is 0 Å². The number of hydrogen-bond acceptors (Lipinski definition) is 6. The molecule has 0 radical (unpaired) electrons. The summed E-state index contributed by atoms with van der Waals surface area (Å²) in [4.78, 5) is 65.3. The Morgan fingerprint density at radius 2 is 1.57 bits per heavy atom. The highest BCUT2D eigenvalue weighted by Gasteiger charge is 2.42. The molecule has 0 unspecified atom stereocenters. The maximum absolute atomic E-state index is 12.8. The fraction of sp³-hybridized carbons (Fsp3) is 0.593. The molecular weight excluding hydrogens is 476 g/mol. The number of carbonyl (C=O) groups is 5. The number of amides is 5. The Hall–Kier alpha value is -3.43. The maximum Gasteiger partial charge on any atom is 0.407 e. The lowest BCUT2D eigenvalue weighted by atomic mass is 9.96. The summed E-state index contributed by atoms with van der Waals surface area (Å²) < 4.78 is 5.16. The fourth-order valence-corrected chi connectivity index (χ4v) is 4.46. The zero-order valence-corrected chi connectivity index (χ0v) is 22.6. The Bertz CT molecular complexity index is 1080. The van der Waals surface area contributed by atoms with Crippen molar-refractivity contribution in [2.45, 2.75) is 71.9 Å². The number of ether oxygens (including phenoxy) is 1. The zero-order valence-electron chi connectivity index (χ0n) is 22.6. The van der Waals surface area contributed by atoms with Gasteiger partial charge in [0.25, 0.3) is 17.7 Å². The van der Waals surface area contributed by atoms with E-state index in [2.05, 4.69) is 10.6 Å². The van der Waals surface area contributed by atoms with Crippen LogP contribution in [-0.4, -0.2) is 76.8 Å². The van der Waals surface area contributed by atoms with Crippen LogP contribution in [0.1, 0.15) is 91.9 Å². The quantitative estimate of drug-likeness (QED) is 0.563. The van der Waals surface area contributed by atoms with E-state index < -0.39 is 17.2 Å². The van der Waals surface area contributed by atoms with Crippen LogP contribution in [0.15, 0.2) is 18.2 Å². The van der Waals surface area contributed by atoms with Gasteiger partial charge in [0.2, 0.25) is 5.91 Å². The van der Waals surface area contributed by atoms with Crippen LogP contribution in [0.2, 0.25) is 0 Å². The van der Waals surface area contributed by atoms with Gasteiger partial charge in [0.15, 0.2) is 0 Å². The number of fused-ring (bicyclic) bond motifs is 1. The van der Waals surface area contributed by atoms with Gasteiger partial charge >= 0.3 is 6.09 Å². The highest BCUT2D eigenvalue weighted by atomic mass is 16.6. The summed E-state index contributed by atoms with van der Waals surface area (Å²) in [6.07, 6.45) is 1.17. The first kappa shape index (κ1) is 28.1. The normalized spacial score (nSPS) is 16.5. The summed E-state index contributed by atoms with van der Waals surface area (Å²) in [5.74, 6) is -0.840. The molecule has 202 valence electrons. The zero-order chi connectivity index (χ0) is 27.5. The molecule has 2 aliphatic rings. The molecule has 2 heterocycles. The Balaban J connectivity index is 1.43. The van der Waals surface area contributed by atoms with Gasteiger partial charge in [0.1, 0.15) is 5.60 Å². The van der Waals surface area contributed by atoms with Crippen LogP contribution in [0.4, 0.5) is 4.79 Å². The molecule has 1 aromatic rings. The van der Waals surface area contributed by atoms with E-state index in [0.717, 1.165) is 12.8 Å². The first-order chi connectivity index (χ1) is 17.2. The van der Waals surface area contributed by atoms with Crippen LogP contribution >= 0.6 is 0 Å². The van der Waals surface area contributed by atoms with Gasteiger partial charge in [0.05, 0.1) is 11.1 Å². The van der Waals surface area contributed by atoms with Gasteiger partial charge in [0, 0.05) is 43.7 Å². The van der Waals surface area contributed by atoms with Gasteiger partial charge in [-0.3, -0.25) is 24.1 Å². The second-order valence-corrected chi connectivity index (χ2v) is 11.6. The van der Waals surface area contributed by atoms with Crippen LogP contribution in [0.25, 0.3) is 0 Å². The molecule has 0 bridgehead atoms. The first-order valence-electron chi connectivity index (χ1n) is 12.7. The third kappa shape index (κ3) is 7.08. The van der Waals surface area contributed by atoms with Gasteiger partial charge in [-0.2, -0.15) is 0 Å². The average molecular weight is 515 g/mol. The summed E-state index contributed by atoms with van der Waals surface area (Å²) in [5, 5.41) is 5.52. The number of nitrogens with zero attached hydrogens (tertiary/aromatic N) is 2. The van der Waals surface area contributed by atoms with Crippen molar-refractivity contribution in [1.29, 1.82) is 0 Å². The summed E-state index contributed by atoms with van der Waals surface area (Å²) in [6, 6.07) is 4.60. The summed E-state index contributed by atoms with van der Waals surface area (Å²) in [5.41, 5.74) is -0.341. The van der Waals surface area contributed by atoms with E-state index >= 15 is 0 Å². The Kier molecular flexibility index (Phi) is 8.29. The molecule has 1 fully saturated rings. The topological polar surface area (TPSA) is 125 Å². The number of hydrogen-bond donors (Lipinski definition) is 2. The number of nitrogens with one attached hydrogen (secondary N) is 2. The average Bonchev–Trinajstić information content (AvgIpc) is 3.06. The molecule has 0 spiro atoms. The molecule has 10 heteroatoms. The van der Waals surface area contributed by atoms with E-state index in [4.69, 9.17) is 4.74 Å². The molecule has 2 N–H and O–H groups in total. The molecule has 10 nitrogen and oxygen atoms in total. The molecular formula is C27H38N4O6. The van der Waals surface area contributed by atoms with Gasteiger partial charge < -0.3 is 20.3 Å². The van der Waals surface area contributed by atoms with Crippen LogP contribution < -0.4 is 10.6 Å². The third-order valence-corrected chi connectivity index (χ3v) is 6.35. The molecule has 5 amide bonds. The van der Waals surface area contributed by atoms with E-state index in [0.29, 0.717) is 30.8 Å². The van der Waals surface area contributed by atoms with Gasteiger partial charge in [-0.05, 0) is 78.5 Å². The van der Waals surface area contributed by atoms with Crippen LogP contribution in [0.3, 0.4) is 0 Å². The molecule has 0 aromatic heterocycles. The highest BCUT2D eigenvalue weighted by molar-refractivity contribution is 6.22. The minimum atomic E-state index is -0.652. The Morgan fingerprint density at radius 3 is 2.16 bits per heavy atom. The number of carbonyl (C=O) groups excluding carboxylic acids is 5. The molecule has 2 aliphatic heterocycles. The monoisotopic (exact) mass is 514 g/mol. The predicted octanol–water partition coefficient (Wildman–Crippen LogP) is 2.96. The van der Waals surface area contributed by atoms with Crippen molar-refractivity contribution < 1.29 is 28.7 Å². The second-order valence-electron chi connectivity index (χ2n) is 11.6. The largest absolute Gasteiger partial charge is 0.444 e. The van der Waals surface area contributed by atoms with Crippen molar-refractivity contribution in [1.82, 2.24) is 20.4 Å². The lowest BCUT2D eigenvalue weighted by Gasteiger charge is -2.32. The second kappa shape index (κ2) is 10.9. The molecule has 37 heavy (non-hydrogen) atoms. The summed E-state index contributed by atoms with van der Waals surface area (Å²) in [6.45, 7) is 12.6. The number of benzene rings is 1. The molecule has 0 aliphatic carbocycles. The number of alkyl carbamates (subject to hydrolysis) is 1. The van der Waals surface area contributed by atoms with Crippen LogP contribution in [0, 0.1) is 5.92 Å². The van der Waals surface area contributed by atoms with E-state index in [1.165, 1.54) is 17.0 Å². The number of piperidine rings is 1. The minimum absolute atomic E-state index is 0.0276.